The Morgan fingerprint density at radius 3 is 2.39 bits per heavy atom. The Hall–Kier alpha value is -0.830. The lowest BCUT2D eigenvalue weighted by Crippen LogP contribution is -2.23. The molecule has 4 heteroatoms. The van der Waals surface area contributed by atoms with Crippen LogP contribution < -0.4 is 4.90 Å². The Morgan fingerprint density at radius 2 is 1.83 bits per heavy atom. The van der Waals surface area contributed by atoms with Gasteiger partial charge in [-0.15, -0.1) is 0 Å². The van der Waals surface area contributed by atoms with Gasteiger partial charge in [-0.3, -0.25) is 0 Å². The molecular weight excluding hydrogens is 246 g/mol. The highest BCUT2D eigenvalue weighted by molar-refractivity contribution is 6.28. The lowest BCUT2D eigenvalue weighted by atomic mass is 10.1. The predicted octanol–water partition coefficient (Wildman–Crippen LogP) is 3.81. The van der Waals surface area contributed by atoms with Crippen molar-refractivity contribution in [2.75, 3.05) is 18.5 Å². The fourth-order valence-electron chi connectivity index (χ4n) is 1.85. The van der Waals surface area contributed by atoms with Crippen LogP contribution in [0.1, 0.15) is 39.8 Å². The van der Waals surface area contributed by atoms with Gasteiger partial charge in [0, 0.05) is 25.4 Å². The summed E-state index contributed by atoms with van der Waals surface area (Å²) < 4.78 is 0. The molecule has 0 aliphatic carbocycles. The Kier molecular flexibility index (Phi) is 5.86. The second-order valence-corrected chi connectivity index (χ2v) is 6.03. The zero-order valence-corrected chi connectivity index (χ0v) is 12.8. The third-order valence-electron chi connectivity index (χ3n) is 2.75. The lowest BCUT2D eigenvalue weighted by molar-refractivity contribution is 0.580. The van der Waals surface area contributed by atoms with Crippen LogP contribution in [0.3, 0.4) is 0 Å². The molecular formula is C14H24ClN3. The maximum Gasteiger partial charge on any atom is 0.224 e. The Balaban J connectivity index is 2.79. The predicted molar refractivity (Wildman–Crippen MR) is 78.3 cm³/mol. The molecule has 0 spiro atoms. The van der Waals surface area contributed by atoms with Gasteiger partial charge < -0.3 is 4.90 Å². The first kappa shape index (κ1) is 15.2. The van der Waals surface area contributed by atoms with Crippen LogP contribution in [-0.2, 0) is 6.42 Å². The molecule has 0 aliphatic rings. The smallest absolute Gasteiger partial charge is 0.224 e. The summed E-state index contributed by atoms with van der Waals surface area (Å²) in [5.74, 6) is 2.20. The molecule has 0 N–H and O–H groups in total. The third kappa shape index (κ3) is 5.21. The van der Waals surface area contributed by atoms with Gasteiger partial charge in [0.2, 0.25) is 5.28 Å². The zero-order chi connectivity index (χ0) is 13.7. The van der Waals surface area contributed by atoms with E-state index in [9.17, 15) is 0 Å². The molecule has 102 valence electrons. The quantitative estimate of drug-likeness (QED) is 0.736. The first-order valence-electron chi connectivity index (χ1n) is 6.63. The minimum atomic E-state index is 0.349. The average Bonchev–Trinajstić information content (AvgIpc) is 2.24. The minimum Gasteiger partial charge on any atom is -0.359 e. The van der Waals surface area contributed by atoms with Gasteiger partial charge >= 0.3 is 0 Å². The van der Waals surface area contributed by atoms with Gasteiger partial charge in [0.25, 0.3) is 0 Å². The van der Waals surface area contributed by atoms with Gasteiger partial charge in [-0.25, -0.2) is 9.97 Å². The first-order chi connectivity index (χ1) is 8.38. The van der Waals surface area contributed by atoms with Gasteiger partial charge in [-0.05, 0) is 36.3 Å². The molecule has 1 heterocycles. The van der Waals surface area contributed by atoms with Crippen LogP contribution >= 0.6 is 11.6 Å². The highest BCUT2D eigenvalue weighted by atomic mass is 35.5. The van der Waals surface area contributed by atoms with E-state index in [1.165, 1.54) is 0 Å². The number of halogens is 1. The number of hydrogen-bond donors (Lipinski definition) is 0. The molecule has 1 rings (SSSR count). The van der Waals surface area contributed by atoms with Crippen molar-refractivity contribution < 1.29 is 0 Å². The molecule has 0 saturated heterocycles. The van der Waals surface area contributed by atoms with Crippen LogP contribution in [0.4, 0.5) is 5.82 Å². The van der Waals surface area contributed by atoms with Crippen molar-refractivity contribution in [3.05, 3.63) is 17.0 Å². The largest absolute Gasteiger partial charge is 0.359 e. The van der Waals surface area contributed by atoms with Crippen molar-refractivity contribution in [2.45, 2.75) is 40.5 Å². The molecule has 0 fully saturated rings. The summed E-state index contributed by atoms with van der Waals surface area (Å²) in [6.07, 6.45) is 2.09. The van der Waals surface area contributed by atoms with E-state index < -0.39 is 0 Å². The molecule has 3 nitrogen and oxygen atoms in total. The van der Waals surface area contributed by atoms with Crippen LogP contribution in [0.2, 0.25) is 5.28 Å². The van der Waals surface area contributed by atoms with Crippen molar-refractivity contribution in [3.63, 3.8) is 0 Å². The van der Waals surface area contributed by atoms with Gasteiger partial charge in [0.1, 0.15) is 5.82 Å². The maximum absolute atomic E-state index is 6.00. The summed E-state index contributed by atoms with van der Waals surface area (Å²) in [7, 11) is 2.05. The van der Waals surface area contributed by atoms with Gasteiger partial charge in [-0.2, -0.15) is 0 Å². The number of aryl methyl sites for hydroxylation is 1. The van der Waals surface area contributed by atoms with Crippen LogP contribution in [0.15, 0.2) is 6.07 Å². The van der Waals surface area contributed by atoms with Gasteiger partial charge in [0.15, 0.2) is 0 Å². The van der Waals surface area contributed by atoms with E-state index in [0.29, 0.717) is 17.1 Å². The Labute approximate surface area is 116 Å². The Morgan fingerprint density at radius 1 is 1.17 bits per heavy atom. The van der Waals surface area contributed by atoms with E-state index in [0.717, 1.165) is 30.9 Å². The molecule has 0 aliphatic heterocycles. The summed E-state index contributed by atoms with van der Waals surface area (Å²) in [4.78, 5) is 10.7. The molecule has 0 radical (unpaired) electrons. The molecule has 0 unspecified atom stereocenters. The normalized spacial score (nSPS) is 11.3. The second-order valence-electron chi connectivity index (χ2n) is 5.69. The molecule has 0 saturated carbocycles. The molecule has 0 aromatic carbocycles. The highest BCUT2D eigenvalue weighted by Crippen LogP contribution is 2.17. The zero-order valence-electron chi connectivity index (χ0n) is 12.1. The van der Waals surface area contributed by atoms with E-state index >= 15 is 0 Å². The monoisotopic (exact) mass is 269 g/mol. The molecule has 1 aromatic rings. The van der Waals surface area contributed by atoms with Crippen molar-refractivity contribution in [1.82, 2.24) is 9.97 Å². The second kappa shape index (κ2) is 6.93. The minimum absolute atomic E-state index is 0.349. The summed E-state index contributed by atoms with van der Waals surface area (Å²) in [6.45, 7) is 9.79. The van der Waals surface area contributed by atoms with E-state index in [1.54, 1.807) is 0 Å². The van der Waals surface area contributed by atoms with E-state index in [2.05, 4.69) is 48.6 Å². The van der Waals surface area contributed by atoms with Gasteiger partial charge in [-0.1, -0.05) is 27.7 Å². The van der Waals surface area contributed by atoms with Crippen LogP contribution in [0.5, 0.6) is 0 Å². The van der Waals surface area contributed by atoms with E-state index in [4.69, 9.17) is 11.6 Å². The van der Waals surface area contributed by atoms with E-state index in [1.807, 2.05) is 7.05 Å². The topological polar surface area (TPSA) is 29.0 Å². The summed E-state index contributed by atoms with van der Waals surface area (Å²) >= 11 is 6.00. The van der Waals surface area contributed by atoms with Crippen LogP contribution in [-0.4, -0.2) is 23.6 Å². The number of anilines is 1. The lowest BCUT2D eigenvalue weighted by Gasteiger charge is -2.21. The van der Waals surface area contributed by atoms with Crippen molar-refractivity contribution >= 4 is 17.4 Å². The average molecular weight is 270 g/mol. The standard InChI is InChI=1S/C14H24ClN3/c1-10(2)6-7-12-8-13(17-14(15)16-12)18(5)9-11(3)4/h8,10-11H,6-7,9H2,1-5H3. The Bertz CT molecular complexity index is 377. The van der Waals surface area contributed by atoms with Crippen molar-refractivity contribution in [2.24, 2.45) is 11.8 Å². The fraction of sp³-hybridized carbons (Fsp3) is 0.714. The van der Waals surface area contributed by atoms with Crippen LogP contribution in [0, 0.1) is 11.8 Å². The maximum atomic E-state index is 6.00. The first-order valence-corrected chi connectivity index (χ1v) is 7.01. The number of nitrogens with zero attached hydrogens (tertiary/aromatic N) is 3. The SMILES string of the molecule is CC(C)CCc1cc(N(C)CC(C)C)nc(Cl)n1. The summed E-state index contributed by atoms with van der Waals surface area (Å²) in [5, 5.41) is 0.349. The molecule has 0 atom stereocenters. The molecule has 0 bridgehead atoms. The number of aromatic nitrogens is 2. The number of rotatable bonds is 6. The third-order valence-corrected chi connectivity index (χ3v) is 2.92. The molecule has 1 aromatic heterocycles. The summed E-state index contributed by atoms with van der Waals surface area (Å²) in [6, 6.07) is 2.05. The van der Waals surface area contributed by atoms with Gasteiger partial charge in [0.05, 0.1) is 0 Å². The van der Waals surface area contributed by atoms with E-state index in [-0.39, 0.29) is 0 Å². The van der Waals surface area contributed by atoms with Crippen LogP contribution in [0.25, 0.3) is 0 Å². The highest BCUT2D eigenvalue weighted by Gasteiger charge is 2.09. The molecule has 18 heavy (non-hydrogen) atoms. The van der Waals surface area contributed by atoms with Crippen molar-refractivity contribution in [3.8, 4) is 0 Å². The van der Waals surface area contributed by atoms with Crippen molar-refractivity contribution in [1.29, 1.82) is 0 Å². The summed E-state index contributed by atoms with van der Waals surface area (Å²) in [5.41, 5.74) is 1.04. The molecule has 0 amide bonds. The fourth-order valence-corrected chi connectivity index (χ4v) is 2.05. The number of hydrogen-bond acceptors (Lipinski definition) is 3.